The van der Waals surface area contributed by atoms with Gasteiger partial charge in [0.15, 0.2) is 0 Å². The van der Waals surface area contributed by atoms with Gasteiger partial charge >= 0.3 is 5.97 Å². The number of thioether (sulfide) groups is 1. The molecule has 3 rings (SSSR count). The van der Waals surface area contributed by atoms with E-state index in [0.29, 0.717) is 22.0 Å². The maximum Gasteiger partial charge on any atom is 0.328 e. The van der Waals surface area contributed by atoms with Gasteiger partial charge in [-0.2, -0.15) is 0 Å². The van der Waals surface area contributed by atoms with Crippen molar-refractivity contribution in [1.29, 1.82) is 0 Å². The van der Waals surface area contributed by atoms with E-state index in [4.69, 9.17) is 16.3 Å². The quantitative estimate of drug-likeness (QED) is 0.237. The molecule has 0 spiro atoms. The minimum atomic E-state index is -0.991. The van der Waals surface area contributed by atoms with Gasteiger partial charge in [0.1, 0.15) is 5.75 Å². The first-order valence-electron chi connectivity index (χ1n) is 9.40. The van der Waals surface area contributed by atoms with E-state index in [9.17, 15) is 9.90 Å². The average Bonchev–Trinajstić information content (AvgIpc) is 2.75. The van der Waals surface area contributed by atoms with Crippen LogP contribution in [0.15, 0.2) is 76.1 Å². The third kappa shape index (κ3) is 6.29. The SMILES string of the molecule is COc1cc(Br)c(Cl)cc1Nc1ccc(SCc2ccccc2)cc1/C(C)=C\C(=O)O. The van der Waals surface area contributed by atoms with E-state index in [0.717, 1.165) is 26.4 Å². The number of benzene rings is 3. The molecule has 0 aliphatic rings. The fourth-order valence-electron chi connectivity index (χ4n) is 2.99. The molecule has 0 saturated heterocycles. The highest BCUT2D eigenvalue weighted by Crippen LogP contribution is 2.38. The highest BCUT2D eigenvalue weighted by molar-refractivity contribution is 9.10. The highest BCUT2D eigenvalue weighted by Gasteiger charge is 2.13. The van der Waals surface area contributed by atoms with E-state index in [1.807, 2.05) is 36.4 Å². The Bertz CT molecular complexity index is 1120. The van der Waals surface area contributed by atoms with E-state index >= 15 is 0 Å². The molecule has 0 heterocycles. The number of anilines is 2. The molecule has 0 unspecified atom stereocenters. The van der Waals surface area contributed by atoms with Crippen LogP contribution in [0.5, 0.6) is 5.75 Å². The lowest BCUT2D eigenvalue weighted by Gasteiger charge is -2.17. The van der Waals surface area contributed by atoms with Crippen molar-refractivity contribution in [3.63, 3.8) is 0 Å². The van der Waals surface area contributed by atoms with Crippen LogP contribution < -0.4 is 10.1 Å². The fourth-order valence-corrected chi connectivity index (χ4v) is 4.37. The van der Waals surface area contributed by atoms with Gasteiger partial charge in [0.2, 0.25) is 0 Å². The summed E-state index contributed by atoms with van der Waals surface area (Å²) in [4.78, 5) is 12.3. The molecule has 0 fully saturated rings. The van der Waals surface area contributed by atoms with Crippen LogP contribution in [0.25, 0.3) is 5.57 Å². The van der Waals surface area contributed by atoms with Gasteiger partial charge < -0.3 is 15.2 Å². The summed E-state index contributed by atoms with van der Waals surface area (Å²) in [6, 6.07) is 19.7. The van der Waals surface area contributed by atoms with Gasteiger partial charge in [-0.15, -0.1) is 11.8 Å². The van der Waals surface area contributed by atoms with Crippen LogP contribution in [0.2, 0.25) is 5.02 Å². The third-order valence-corrected chi connectivity index (χ3v) is 6.78. The average molecular weight is 519 g/mol. The second-order valence-electron chi connectivity index (χ2n) is 6.74. The van der Waals surface area contributed by atoms with Crippen molar-refractivity contribution >= 4 is 62.2 Å². The van der Waals surface area contributed by atoms with Gasteiger partial charge in [-0.25, -0.2) is 4.79 Å². The van der Waals surface area contributed by atoms with E-state index in [1.54, 1.807) is 37.9 Å². The van der Waals surface area contributed by atoms with Crippen LogP contribution in [0.4, 0.5) is 11.4 Å². The van der Waals surface area contributed by atoms with Crippen molar-refractivity contribution < 1.29 is 14.6 Å². The van der Waals surface area contributed by atoms with Crippen molar-refractivity contribution in [3.05, 3.63) is 87.4 Å². The smallest absolute Gasteiger partial charge is 0.328 e. The Hall–Kier alpha value is -2.41. The van der Waals surface area contributed by atoms with Gasteiger partial charge in [-0.3, -0.25) is 0 Å². The molecule has 4 nitrogen and oxygen atoms in total. The van der Waals surface area contributed by atoms with Gasteiger partial charge in [0.05, 0.1) is 17.8 Å². The summed E-state index contributed by atoms with van der Waals surface area (Å²) in [5.74, 6) is 0.449. The number of methoxy groups -OCH3 is 1. The summed E-state index contributed by atoms with van der Waals surface area (Å²) in [6.07, 6.45) is 1.21. The molecule has 160 valence electrons. The number of aliphatic carboxylic acids is 1. The number of halogens is 2. The molecule has 3 aromatic carbocycles. The molecular formula is C24H21BrClNO3S. The summed E-state index contributed by atoms with van der Waals surface area (Å²) < 4.78 is 6.19. The number of ether oxygens (including phenoxy) is 1. The largest absolute Gasteiger partial charge is 0.495 e. The zero-order valence-electron chi connectivity index (χ0n) is 17.0. The van der Waals surface area contributed by atoms with Gasteiger partial charge in [0.25, 0.3) is 0 Å². The number of carboxylic acid groups (broad SMARTS) is 1. The standard InChI is InChI=1S/C24H21BrClNO3S/c1-15(10-24(28)29)18-11-17(31-14-16-6-4-3-5-7-16)8-9-21(18)27-22-13-20(26)19(25)12-23(22)30-2/h3-13,27H,14H2,1-2H3,(H,28,29)/b15-10-. The van der Waals surface area contributed by atoms with Crippen LogP contribution in [0.3, 0.4) is 0 Å². The molecule has 3 aromatic rings. The van der Waals surface area contributed by atoms with Crippen molar-refractivity contribution in [2.24, 2.45) is 0 Å². The number of rotatable bonds is 8. The van der Waals surface area contributed by atoms with Gasteiger partial charge in [-0.1, -0.05) is 41.9 Å². The Balaban J connectivity index is 1.96. The number of hydrogen-bond acceptors (Lipinski definition) is 4. The summed E-state index contributed by atoms with van der Waals surface area (Å²) in [5, 5.41) is 13.1. The highest BCUT2D eigenvalue weighted by atomic mass is 79.9. The monoisotopic (exact) mass is 517 g/mol. The molecule has 0 bridgehead atoms. The maximum atomic E-state index is 11.3. The number of hydrogen-bond donors (Lipinski definition) is 2. The number of carbonyl (C=O) groups is 1. The van der Waals surface area contributed by atoms with Crippen LogP contribution in [-0.2, 0) is 10.5 Å². The first-order valence-corrected chi connectivity index (χ1v) is 11.6. The summed E-state index contributed by atoms with van der Waals surface area (Å²) >= 11 is 11.4. The molecule has 7 heteroatoms. The molecule has 0 aliphatic heterocycles. The summed E-state index contributed by atoms with van der Waals surface area (Å²) in [5.41, 5.74) is 4.10. The number of nitrogens with one attached hydrogen (secondary N) is 1. The Morgan fingerprint density at radius 1 is 1.16 bits per heavy atom. The van der Waals surface area contributed by atoms with E-state index < -0.39 is 5.97 Å². The second-order valence-corrected chi connectivity index (χ2v) is 9.05. The van der Waals surface area contributed by atoms with E-state index in [2.05, 4.69) is 33.4 Å². The Morgan fingerprint density at radius 3 is 2.58 bits per heavy atom. The van der Waals surface area contributed by atoms with Crippen molar-refractivity contribution in [2.75, 3.05) is 12.4 Å². The minimum Gasteiger partial charge on any atom is -0.495 e. The zero-order chi connectivity index (χ0) is 22.4. The van der Waals surface area contributed by atoms with Gasteiger partial charge in [0, 0.05) is 32.4 Å². The van der Waals surface area contributed by atoms with Crippen LogP contribution >= 0.6 is 39.3 Å². The predicted molar refractivity (Wildman–Crippen MR) is 133 cm³/mol. The van der Waals surface area contributed by atoms with Crippen molar-refractivity contribution in [3.8, 4) is 5.75 Å². The fraction of sp³-hybridized carbons (Fsp3) is 0.125. The third-order valence-electron chi connectivity index (χ3n) is 4.52. The lowest BCUT2D eigenvalue weighted by Crippen LogP contribution is -1.99. The topological polar surface area (TPSA) is 58.6 Å². The van der Waals surface area contributed by atoms with Crippen LogP contribution in [-0.4, -0.2) is 18.2 Å². The summed E-state index contributed by atoms with van der Waals surface area (Å²) in [6.45, 7) is 1.78. The van der Waals surface area contributed by atoms with Crippen molar-refractivity contribution in [2.45, 2.75) is 17.6 Å². The van der Waals surface area contributed by atoms with Gasteiger partial charge in [-0.05, 0) is 64.3 Å². The Kier molecular flexibility index (Phi) is 8.07. The Morgan fingerprint density at radius 2 is 1.90 bits per heavy atom. The molecule has 0 radical (unpaired) electrons. The number of allylic oxidation sites excluding steroid dienone is 1. The lowest BCUT2D eigenvalue weighted by molar-refractivity contribution is -0.131. The van der Waals surface area contributed by atoms with Crippen LogP contribution in [0, 0.1) is 0 Å². The van der Waals surface area contributed by atoms with E-state index in [1.165, 1.54) is 11.6 Å². The predicted octanol–water partition coefficient (Wildman–Crippen LogP) is 7.63. The van der Waals surface area contributed by atoms with E-state index in [-0.39, 0.29) is 0 Å². The maximum absolute atomic E-state index is 11.3. The molecule has 0 amide bonds. The summed E-state index contributed by atoms with van der Waals surface area (Å²) in [7, 11) is 1.58. The molecular weight excluding hydrogens is 498 g/mol. The Labute approximate surface area is 199 Å². The molecule has 0 aliphatic carbocycles. The van der Waals surface area contributed by atoms with Crippen LogP contribution in [0.1, 0.15) is 18.1 Å². The normalized spacial score (nSPS) is 11.3. The second kappa shape index (κ2) is 10.8. The zero-order valence-corrected chi connectivity index (χ0v) is 20.1. The number of carboxylic acids is 1. The molecule has 0 aromatic heterocycles. The first-order chi connectivity index (χ1) is 14.9. The molecule has 0 atom stereocenters. The molecule has 0 saturated carbocycles. The lowest BCUT2D eigenvalue weighted by atomic mass is 10.0. The molecule has 2 N–H and O–H groups in total. The first kappa shape index (κ1) is 23.3. The minimum absolute atomic E-state index is 0.540. The molecule has 31 heavy (non-hydrogen) atoms. The van der Waals surface area contributed by atoms with Crippen molar-refractivity contribution in [1.82, 2.24) is 0 Å².